The second kappa shape index (κ2) is 7.79. The Labute approximate surface area is 142 Å². The first-order valence-electron chi connectivity index (χ1n) is 8.20. The van der Waals surface area contributed by atoms with Gasteiger partial charge in [-0.3, -0.25) is 4.79 Å². The summed E-state index contributed by atoms with van der Waals surface area (Å²) in [6, 6.07) is 17.6. The van der Waals surface area contributed by atoms with Gasteiger partial charge in [0.05, 0.1) is 13.2 Å². The van der Waals surface area contributed by atoms with Crippen LogP contribution in [0.25, 0.3) is 0 Å². The number of allylic oxidation sites excluding steroid dienone is 2. The van der Waals surface area contributed by atoms with Gasteiger partial charge in [-0.05, 0) is 31.2 Å². The quantitative estimate of drug-likeness (QED) is 0.673. The van der Waals surface area contributed by atoms with Gasteiger partial charge in [-0.15, -0.1) is 0 Å². The lowest BCUT2D eigenvalue weighted by Gasteiger charge is -2.29. The van der Waals surface area contributed by atoms with E-state index in [1.807, 2.05) is 49.4 Å². The van der Waals surface area contributed by atoms with E-state index in [2.05, 4.69) is 22.3 Å². The monoisotopic (exact) mass is 322 g/mol. The van der Waals surface area contributed by atoms with Gasteiger partial charge in [0.15, 0.2) is 5.78 Å². The summed E-state index contributed by atoms with van der Waals surface area (Å²) in [5, 5.41) is 3.27. The fourth-order valence-corrected chi connectivity index (χ4v) is 2.72. The Kier molecular flexibility index (Phi) is 5.29. The van der Waals surface area contributed by atoms with Gasteiger partial charge >= 0.3 is 0 Å². The van der Waals surface area contributed by atoms with Crippen LogP contribution >= 0.6 is 0 Å². The number of ketones is 1. The highest BCUT2D eigenvalue weighted by Crippen LogP contribution is 2.20. The molecule has 4 nitrogen and oxygen atoms in total. The molecule has 0 aromatic heterocycles. The maximum atomic E-state index is 12.2. The van der Waals surface area contributed by atoms with E-state index in [9.17, 15) is 4.79 Å². The second-order valence-electron chi connectivity index (χ2n) is 5.83. The van der Waals surface area contributed by atoms with Crippen LogP contribution in [-0.4, -0.2) is 32.1 Å². The first kappa shape index (κ1) is 16.3. The van der Waals surface area contributed by atoms with Crippen molar-refractivity contribution in [1.82, 2.24) is 0 Å². The zero-order chi connectivity index (χ0) is 16.8. The molecule has 124 valence electrons. The Bertz CT molecular complexity index is 702. The molecule has 0 unspecified atom stereocenters. The average Bonchev–Trinajstić information content (AvgIpc) is 2.64. The summed E-state index contributed by atoms with van der Waals surface area (Å²) in [6.45, 7) is 5.32. The van der Waals surface area contributed by atoms with Crippen molar-refractivity contribution in [3.8, 4) is 0 Å². The second-order valence-corrected chi connectivity index (χ2v) is 5.83. The number of anilines is 2. The summed E-state index contributed by atoms with van der Waals surface area (Å²) in [5.41, 5.74) is 3.69. The van der Waals surface area contributed by atoms with E-state index in [1.165, 1.54) is 5.69 Å². The van der Waals surface area contributed by atoms with Crippen molar-refractivity contribution < 1.29 is 9.53 Å². The summed E-state index contributed by atoms with van der Waals surface area (Å²) < 4.78 is 5.38. The maximum absolute atomic E-state index is 12.2. The maximum Gasteiger partial charge on any atom is 0.187 e. The molecule has 1 aliphatic rings. The van der Waals surface area contributed by atoms with Gasteiger partial charge in [-0.2, -0.15) is 0 Å². The van der Waals surface area contributed by atoms with E-state index >= 15 is 0 Å². The van der Waals surface area contributed by atoms with Crippen molar-refractivity contribution in [2.24, 2.45) is 0 Å². The molecule has 1 N–H and O–H groups in total. The van der Waals surface area contributed by atoms with Crippen molar-refractivity contribution in [2.75, 3.05) is 36.5 Å². The van der Waals surface area contributed by atoms with Crippen molar-refractivity contribution in [3.05, 3.63) is 71.9 Å². The Morgan fingerprint density at radius 2 is 1.71 bits per heavy atom. The minimum absolute atomic E-state index is 0.00513. The highest BCUT2D eigenvalue weighted by Gasteiger charge is 2.10. The molecule has 0 bridgehead atoms. The van der Waals surface area contributed by atoms with Crippen LogP contribution in [0.15, 0.2) is 66.4 Å². The molecular weight excluding hydrogens is 300 g/mol. The largest absolute Gasteiger partial charge is 0.378 e. The SMILES string of the molecule is C/C(=C/C(=O)c1ccccc1)Nc1ccc(N2CCOCC2)cc1. The fourth-order valence-electron chi connectivity index (χ4n) is 2.72. The van der Waals surface area contributed by atoms with Crippen molar-refractivity contribution in [1.29, 1.82) is 0 Å². The van der Waals surface area contributed by atoms with Crippen LogP contribution < -0.4 is 10.2 Å². The lowest BCUT2D eigenvalue weighted by atomic mass is 10.1. The molecule has 2 aromatic rings. The molecule has 0 amide bonds. The zero-order valence-electron chi connectivity index (χ0n) is 13.9. The van der Waals surface area contributed by atoms with Gasteiger partial charge in [-0.25, -0.2) is 0 Å². The summed E-state index contributed by atoms with van der Waals surface area (Å²) in [6.07, 6.45) is 1.63. The summed E-state index contributed by atoms with van der Waals surface area (Å²) >= 11 is 0. The van der Waals surface area contributed by atoms with E-state index in [1.54, 1.807) is 6.08 Å². The normalized spacial score (nSPS) is 15.2. The van der Waals surface area contributed by atoms with Gasteiger partial charge in [0, 0.05) is 41.8 Å². The lowest BCUT2D eigenvalue weighted by molar-refractivity contribution is 0.104. The molecule has 0 atom stereocenters. The van der Waals surface area contributed by atoms with Crippen LogP contribution in [0.3, 0.4) is 0 Å². The van der Waals surface area contributed by atoms with Crippen LogP contribution in [-0.2, 0) is 4.74 Å². The molecular formula is C20H22N2O2. The number of rotatable bonds is 5. The van der Waals surface area contributed by atoms with Crippen LogP contribution in [0.1, 0.15) is 17.3 Å². The number of morpholine rings is 1. The molecule has 24 heavy (non-hydrogen) atoms. The van der Waals surface area contributed by atoms with Crippen molar-refractivity contribution in [2.45, 2.75) is 6.92 Å². The number of hydrogen-bond acceptors (Lipinski definition) is 4. The molecule has 0 radical (unpaired) electrons. The highest BCUT2D eigenvalue weighted by molar-refractivity contribution is 6.05. The summed E-state index contributed by atoms with van der Waals surface area (Å²) in [4.78, 5) is 14.5. The van der Waals surface area contributed by atoms with E-state index in [0.29, 0.717) is 5.56 Å². The standard InChI is InChI=1S/C20H22N2O2/c1-16(15-20(23)17-5-3-2-4-6-17)21-18-7-9-19(10-8-18)22-11-13-24-14-12-22/h2-10,15,21H,11-14H2,1H3/b16-15-. The first-order chi connectivity index (χ1) is 11.7. The zero-order valence-corrected chi connectivity index (χ0v) is 13.9. The lowest BCUT2D eigenvalue weighted by Crippen LogP contribution is -2.36. The predicted molar refractivity (Wildman–Crippen MR) is 97.6 cm³/mol. The van der Waals surface area contributed by atoms with E-state index < -0.39 is 0 Å². The molecule has 0 aliphatic carbocycles. The number of nitrogens with one attached hydrogen (secondary N) is 1. The number of carbonyl (C=O) groups is 1. The number of carbonyl (C=O) groups excluding carboxylic acids is 1. The van der Waals surface area contributed by atoms with E-state index in [4.69, 9.17) is 4.74 Å². The Morgan fingerprint density at radius 3 is 2.38 bits per heavy atom. The third kappa shape index (κ3) is 4.24. The molecule has 1 aliphatic heterocycles. The van der Waals surface area contributed by atoms with E-state index in [-0.39, 0.29) is 5.78 Å². The minimum atomic E-state index is 0.00513. The number of hydrogen-bond donors (Lipinski definition) is 1. The van der Waals surface area contributed by atoms with Crippen LogP contribution in [0.4, 0.5) is 11.4 Å². The van der Waals surface area contributed by atoms with Gasteiger partial charge in [0.1, 0.15) is 0 Å². The van der Waals surface area contributed by atoms with Crippen molar-refractivity contribution >= 4 is 17.2 Å². The number of ether oxygens (including phenoxy) is 1. The molecule has 1 heterocycles. The van der Waals surface area contributed by atoms with Gasteiger partial charge < -0.3 is 15.0 Å². The predicted octanol–water partition coefficient (Wildman–Crippen LogP) is 3.72. The first-order valence-corrected chi connectivity index (χ1v) is 8.20. The van der Waals surface area contributed by atoms with Crippen LogP contribution in [0.5, 0.6) is 0 Å². The Hall–Kier alpha value is -2.59. The molecule has 2 aromatic carbocycles. The Balaban J connectivity index is 1.62. The topological polar surface area (TPSA) is 41.6 Å². The fraction of sp³-hybridized carbons (Fsp3) is 0.250. The molecule has 1 fully saturated rings. The summed E-state index contributed by atoms with van der Waals surface area (Å²) in [5.74, 6) is 0.00513. The van der Waals surface area contributed by atoms with Gasteiger partial charge in [-0.1, -0.05) is 30.3 Å². The van der Waals surface area contributed by atoms with E-state index in [0.717, 1.165) is 37.7 Å². The smallest absolute Gasteiger partial charge is 0.187 e. The van der Waals surface area contributed by atoms with Crippen molar-refractivity contribution in [3.63, 3.8) is 0 Å². The van der Waals surface area contributed by atoms with Crippen LogP contribution in [0.2, 0.25) is 0 Å². The summed E-state index contributed by atoms with van der Waals surface area (Å²) in [7, 11) is 0. The van der Waals surface area contributed by atoms with Crippen LogP contribution in [0, 0.1) is 0 Å². The third-order valence-corrected chi connectivity index (χ3v) is 3.99. The molecule has 4 heteroatoms. The molecule has 1 saturated heterocycles. The average molecular weight is 322 g/mol. The minimum Gasteiger partial charge on any atom is -0.378 e. The molecule has 3 rings (SSSR count). The Morgan fingerprint density at radius 1 is 1.04 bits per heavy atom. The van der Waals surface area contributed by atoms with Gasteiger partial charge in [0.25, 0.3) is 0 Å². The van der Waals surface area contributed by atoms with Gasteiger partial charge in [0.2, 0.25) is 0 Å². The molecule has 0 saturated carbocycles. The highest BCUT2D eigenvalue weighted by atomic mass is 16.5. The third-order valence-electron chi connectivity index (χ3n) is 3.99. The number of benzene rings is 2. The molecule has 0 spiro atoms. The number of nitrogens with zero attached hydrogens (tertiary/aromatic N) is 1.